The number of hydrogen-bond acceptors (Lipinski definition) is 4. The minimum atomic E-state index is -4.63. The molecule has 6 rings (SSSR count). The average molecular weight is 581 g/mol. The number of nitrogens with one attached hydrogen (secondary N) is 2. The van der Waals surface area contributed by atoms with Gasteiger partial charge in [0.15, 0.2) is 5.69 Å². The predicted octanol–water partition coefficient (Wildman–Crippen LogP) is 6.10. The molecule has 0 bridgehead atoms. The summed E-state index contributed by atoms with van der Waals surface area (Å²) in [4.78, 5) is 25.4. The lowest BCUT2D eigenvalue weighted by Gasteiger charge is -2.22. The van der Waals surface area contributed by atoms with Gasteiger partial charge in [-0.15, -0.1) is 0 Å². The van der Waals surface area contributed by atoms with E-state index in [0.29, 0.717) is 47.4 Å². The van der Waals surface area contributed by atoms with Crippen molar-refractivity contribution in [2.75, 3.05) is 0 Å². The van der Waals surface area contributed by atoms with Gasteiger partial charge in [-0.3, -0.25) is 14.5 Å². The topological polar surface area (TPSA) is 88.5 Å². The minimum Gasteiger partial charge on any atom is -0.346 e. The summed E-state index contributed by atoms with van der Waals surface area (Å²) >= 11 is 0. The SMILES string of the molecule is O=C(Cn1nc(C(F)(F)F)c2c1CCCC2)N[C@@H](Cc1cc(F)cc(F)c1)c1ncccc1-c1cnc2[nH]ccc2c1. The molecular weight excluding hydrogens is 555 g/mol. The molecule has 42 heavy (non-hydrogen) atoms. The van der Waals surface area contributed by atoms with E-state index in [0.717, 1.165) is 28.3 Å². The van der Waals surface area contributed by atoms with Crippen molar-refractivity contribution in [2.24, 2.45) is 0 Å². The lowest BCUT2D eigenvalue weighted by atomic mass is 9.95. The van der Waals surface area contributed by atoms with Crippen molar-refractivity contribution < 1.29 is 26.7 Å². The molecular formula is C30H25F5N6O. The zero-order valence-electron chi connectivity index (χ0n) is 22.2. The summed E-state index contributed by atoms with van der Waals surface area (Å²) in [7, 11) is 0. The molecule has 7 nitrogen and oxygen atoms in total. The number of benzene rings is 1. The zero-order valence-corrected chi connectivity index (χ0v) is 22.2. The number of rotatable bonds is 7. The van der Waals surface area contributed by atoms with Gasteiger partial charge in [0.05, 0.1) is 11.7 Å². The summed E-state index contributed by atoms with van der Waals surface area (Å²) in [5.41, 5.74) is 2.26. The van der Waals surface area contributed by atoms with Crippen LogP contribution in [0.15, 0.2) is 61.1 Å². The number of amides is 1. The van der Waals surface area contributed by atoms with Gasteiger partial charge in [0.2, 0.25) is 5.91 Å². The van der Waals surface area contributed by atoms with Crippen molar-refractivity contribution >= 4 is 16.9 Å². The first-order chi connectivity index (χ1) is 20.2. The van der Waals surface area contributed by atoms with Crippen LogP contribution in [0.3, 0.4) is 0 Å². The van der Waals surface area contributed by atoms with Gasteiger partial charge in [-0.1, -0.05) is 6.07 Å². The Labute approximate surface area is 236 Å². The maximum Gasteiger partial charge on any atom is 0.435 e. The Morgan fingerprint density at radius 1 is 1.05 bits per heavy atom. The number of fused-ring (bicyclic) bond motifs is 2. The third-order valence-electron chi connectivity index (χ3n) is 7.40. The summed E-state index contributed by atoms with van der Waals surface area (Å²) < 4.78 is 70.4. The van der Waals surface area contributed by atoms with Gasteiger partial charge in [-0.25, -0.2) is 13.8 Å². The lowest BCUT2D eigenvalue weighted by molar-refractivity contribution is -0.142. The second kappa shape index (κ2) is 11.0. The molecule has 216 valence electrons. The highest BCUT2D eigenvalue weighted by molar-refractivity contribution is 5.82. The molecule has 0 radical (unpaired) electrons. The Morgan fingerprint density at radius 2 is 1.83 bits per heavy atom. The fourth-order valence-corrected chi connectivity index (χ4v) is 5.61. The molecule has 0 fully saturated rings. The van der Waals surface area contributed by atoms with Crippen LogP contribution in [0.25, 0.3) is 22.2 Å². The highest BCUT2D eigenvalue weighted by Crippen LogP contribution is 2.36. The first-order valence-electron chi connectivity index (χ1n) is 13.4. The minimum absolute atomic E-state index is 0.0325. The number of aromatic amines is 1. The highest BCUT2D eigenvalue weighted by atomic mass is 19.4. The number of aromatic nitrogens is 5. The standard InChI is InChI=1S/C30H25F5N6O/c31-20-10-17(11-21(32)14-20)12-24(27-22(5-3-8-36-27)19-13-18-7-9-37-29(18)38-15-19)39-26(42)16-41-25-6-2-1-4-23(25)28(40-41)30(33,34)35/h3,5,7-11,13-15,24H,1-2,4,6,12,16H2,(H,37,38)(H,39,42)/t24-/m0/s1. The van der Waals surface area contributed by atoms with E-state index in [4.69, 9.17) is 0 Å². The van der Waals surface area contributed by atoms with Crippen molar-refractivity contribution in [1.29, 1.82) is 0 Å². The van der Waals surface area contributed by atoms with Crippen LogP contribution >= 0.6 is 0 Å². The average Bonchev–Trinajstić information content (AvgIpc) is 3.57. The van der Waals surface area contributed by atoms with Crippen LogP contribution in [0, 0.1) is 11.6 Å². The molecule has 0 spiro atoms. The van der Waals surface area contributed by atoms with Crippen LogP contribution in [-0.4, -0.2) is 30.6 Å². The second-order valence-corrected chi connectivity index (χ2v) is 10.3. The normalized spacial score (nSPS) is 14.1. The Bertz CT molecular complexity index is 1760. The van der Waals surface area contributed by atoms with Crippen LogP contribution in [0.1, 0.15) is 47.1 Å². The van der Waals surface area contributed by atoms with Crippen LogP contribution < -0.4 is 5.32 Å². The van der Waals surface area contributed by atoms with Crippen molar-refractivity contribution in [3.63, 3.8) is 0 Å². The molecule has 1 amide bonds. The Morgan fingerprint density at radius 3 is 2.62 bits per heavy atom. The first kappa shape index (κ1) is 27.6. The van der Waals surface area contributed by atoms with E-state index < -0.39 is 42.0 Å². The van der Waals surface area contributed by atoms with Crippen molar-refractivity contribution in [3.05, 3.63) is 101 Å². The van der Waals surface area contributed by atoms with Gasteiger partial charge < -0.3 is 10.3 Å². The summed E-state index contributed by atoms with van der Waals surface area (Å²) in [6, 6.07) is 9.46. The number of H-pyrrole nitrogens is 1. The van der Waals surface area contributed by atoms with E-state index in [-0.39, 0.29) is 24.0 Å². The van der Waals surface area contributed by atoms with E-state index in [9.17, 15) is 26.7 Å². The monoisotopic (exact) mass is 580 g/mol. The zero-order chi connectivity index (χ0) is 29.4. The third-order valence-corrected chi connectivity index (χ3v) is 7.40. The highest BCUT2D eigenvalue weighted by Gasteiger charge is 2.39. The van der Waals surface area contributed by atoms with Gasteiger partial charge in [0.25, 0.3) is 0 Å². The van der Waals surface area contributed by atoms with Crippen molar-refractivity contribution in [2.45, 2.75) is 50.9 Å². The molecule has 12 heteroatoms. The predicted molar refractivity (Wildman–Crippen MR) is 144 cm³/mol. The maximum absolute atomic E-state index is 14.1. The van der Waals surface area contributed by atoms with E-state index >= 15 is 0 Å². The lowest BCUT2D eigenvalue weighted by Crippen LogP contribution is -2.34. The van der Waals surface area contributed by atoms with E-state index in [1.54, 1.807) is 24.5 Å². The Hall–Kier alpha value is -4.61. The number of hydrogen-bond donors (Lipinski definition) is 2. The quantitative estimate of drug-likeness (QED) is 0.228. The number of halogens is 5. The van der Waals surface area contributed by atoms with Crippen LogP contribution in [-0.2, 0) is 36.8 Å². The largest absolute Gasteiger partial charge is 0.435 e. The number of alkyl halides is 3. The second-order valence-electron chi connectivity index (χ2n) is 10.3. The molecule has 1 atom stereocenters. The van der Waals surface area contributed by atoms with Gasteiger partial charge >= 0.3 is 6.18 Å². The fourth-order valence-electron chi connectivity index (χ4n) is 5.61. The summed E-state index contributed by atoms with van der Waals surface area (Å²) in [5, 5.41) is 7.48. The molecule has 5 aromatic rings. The van der Waals surface area contributed by atoms with Crippen molar-refractivity contribution in [3.8, 4) is 11.1 Å². The first-order valence-corrected chi connectivity index (χ1v) is 13.4. The molecule has 0 saturated carbocycles. The summed E-state index contributed by atoms with van der Waals surface area (Å²) in [6.07, 6.45) is 2.22. The fraction of sp³-hybridized carbons (Fsp3) is 0.267. The molecule has 1 aliphatic carbocycles. The smallest absolute Gasteiger partial charge is 0.346 e. The van der Waals surface area contributed by atoms with E-state index in [2.05, 4.69) is 25.4 Å². The van der Waals surface area contributed by atoms with E-state index in [1.807, 2.05) is 12.1 Å². The van der Waals surface area contributed by atoms with Gasteiger partial charge in [0.1, 0.15) is 23.8 Å². The number of pyridine rings is 2. The van der Waals surface area contributed by atoms with Crippen LogP contribution in [0.2, 0.25) is 0 Å². The van der Waals surface area contributed by atoms with Crippen molar-refractivity contribution in [1.82, 2.24) is 30.0 Å². The van der Waals surface area contributed by atoms with Gasteiger partial charge in [-0.05, 0) is 68.0 Å². The van der Waals surface area contributed by atoms with Gasteiger partial charge in [-0.2, -0.15) is 18.3 Å². The molecule has 1 aliphatic rings. The van der Waals surface area contributed by atoms with Gasteiger partial charge in [0, 0.05) is 52.4 Å². The van der Waals surface area contributed by atoms with Crippen LogP contribution in [0.4, 0.5) is 22.0 Å². The molecule has 0 aliphatic heterocycles. The molecule has 2 N–H and O–H groups in total. The summed E-state index contributed by atoms with van der Waals surface area (Å²) in [5.74, 6) is -2.17. The van der Waals surface area contributed by atoms with E-state index in [1.165, 1.54) is 6.20 Å². The maximum atomic E-state index is 14.1. The number of nitrogens with zero attached hydrogens (tertiary/aromatic N) is 4. The molecule has 0 saturated heterocycles. The van der Waals surface area contributed by atoms with Crippen LogP contribution in [0.5, 0.6) is 0 Å². The third kappa shape index (κ3) is 5.61. The molecule has 0 unspecified atom stereocenters. The Kier molecular flexibility index (Phi) is 7.21. The molecule has 1 aromatic carbocycles. The number of carbonyl (C=O) groups excluding carboxylic acids is 1. The number of carbonyl (C=O) groups is 1. The Balaban J connectivity index is 1.36. The summed E-state index contributed by atoms with van der Waals surface area (Å²) in [6.45, 7) is -0.453. The molecule has 4 aromatic heterocycles. The molecule has 4 heterocycles.